The van der Waals surface area contributed by atoms with E-state index >= 15 is 0 Å². The lowest BCUT2D eigenvalue weighted by atomic mass is 10.0. The third kappa shape index (κ3) is 1.62. The molecule has 0 spiro atoms. The number of carbonyl (C=O) groups is 1. The van der Waals surface area contributed by atoms with Gasteiger partial charge in [0.2, 0.25) is 0 Å². The molecule has 2 saturated heterocycles. The van der Waals surface area contributed by atoms with E-state index in [9.17, 15) is 9.90 Å². The van der Waals surface area contributed by atoms with Crippen molar-refractivity contribution in [3.05, 3.63) is 10.6 Å². The fourth-order valence-electron chi connectivity index (χ4n) is 2.68. The summed E-state index contributed by atoms with van der Waals surface area (Å²) in [5.74, 6) is -0.746. The van der Waals surface area contributed by atoms with Crippen LogP contribution in [0.1, 0.15) is 25.7 Å². The molecule has 3 rings (SSSR count). The van der Waals surface area contributed by atoms with Gasteiger partial charge in [0.05, 0.1) is 0 Å². The van der Waals surface area contributed by atoms with E-state index in [0.29, 0.717) is 11.7 Å². The smallest absolute Gasteiger partial charge is 0.353 e. The summed E-state index contributed by atoms with van der Waals surface area (Å²) in [5.41, 5.74) is 0.577. The largest absolute Gasteiger partial charge is 0.477 e. The van der Waals surface area contributed by atoms with Gasteiger partial charge in [0.1, 0.15) is 5.70 Å². The molecule has 3 aliphatic heterocycles. The molecule has 0 aliphatic carbocycles. The van der Waals surface area contributed by atoms with E-state index in [2.05, 4.69) is 9.21 Å². The molecule has 1 atom stereocenters. The lowest BCUT2D eigenvalue weighted by molar-refractivity contribution is -0.135. The van der Waals surface area contributed by atoms with Gasteiger partial charge in [-0.1, -0.05) is 0 Å². The molecule has 88 valence electrons. The van der Waals surface area contributed by atoms with Crippen molar-refractivity contribution >= 4 is 17.9 Å². The van der Waals surface area contributed by atoms with Gasteiger partial charge in [0.25, 0.3) is 0 Å². The van der Waals surface area contributed by atoms with Crippen LogP contribution in [0.25, 0.3) is 0 Å². The number of carboxylic acids is 1. The third-order valence-electron chi connectivity index (χ3n) is 3.62. The lowest BCUT2D eigenvalue weighted by Gasteiger charge is -2.37. The van der Waals surface area contributed by atoms with E-state index in [1.807, 2.05) is 0 Å². The topological polar surface area (TPSA) is 43.8 Å². The van der Waals surface area contributed by atoms with Gasteiger partial charge in [0, 0.05) is 37.0 Å². The second kappa shape index (κ2) is 3.96. The van der Waals surface area contributed by atoms with Gasteiger partial charge < -0.3 is 10.0 Å². The van der Waals surface area contributed by atoms with Crippen molar-refractivity contribution in [2.75, 3.05) is 19.6 Å². The second-order valence-corrected chi connectivity index (χ2v) is 5.84. The first kappa shape index (κ1) is 10.5. The van der Waals surface area contributed by atoms with Crippen LogP contribution < -0.4 is 0 Å². The summed E-state index contributed by atoms with van der Waals surface area (Å²) < 4.78 is 2.31. The summed E-state index contributed by atoms with van der Waals surface area (Å²) in [4.78, 5) is 14.4. The van der Waals surface area contributed by atoms with Crippen LogP contribution >= 0.6 is 11.9 Å². The minimum Gasteiger partial charge on any atom is -0.477 e. The lowest BCUT2D eigenvalue weighted by Crippen LogP contribution is -2.44. The Hall–Kier alpha value is -0.680. The molecule has 1 N–H and O–H groups in total. The van der Waals surface area contributed by atoms with Crippen molar-refractivity contribution in [1.29, 1.82) is 0 Å². The van der Waals surface area contributed by atoms with Crippen LogP contribution in [0.5, 0.6) is 0 Å². The Kier molecular flexibility index (Phi) is 2.59. The SMILES string of the molecule is O=C(O)C1=C(SN2CCCC2)CC2CCN12. The maximum Gasteiger partial charge on any atom is 0.353 e. The van der Waals surface area contributed by atoms with E-state index in [-0.39, 0.29) is 0 Å². The van der Waals surface area contributed by atoms with Gasteiger partial charge in [0.15, 0.2) is 0 Å². The summed E-state index contributed by atoms with van der Waals surface area (Å²) >= 11 is 1.69. The Morgan fingerprint density at radius 1 is 1.31 bits per heavy atom. The van der Waals surface area contributed by atoms with Crippen molar-refractivity contribution in [3.63, 3.8) is 0 Å². The molecule has 0 bridgehead atoms. The fourth-order valence-corrected chi connectivity index (χ4v) is 3.99. The van der Waals surface area contributed by atoms with Gasteiger partial charge in [-0.3, -0.25) is 0 Å². The van der Waals surface area contributed by atoms with Gasteiger partial charge in [-0.15, -0.1) is 0 Å². The molecule has 4 nitrogen and oxygen atoms in total. The molecule has 1 unspecified atom stereocenters. The Morgan fingerprint density at radius 3 is 2.62 bits per heavy atom. The summed E-state index contributed by atoms with van der Waals surface area (Å²) in [7, 11) is 0. The van der Waals surface area contributed by atoms with Crippen LogP contribution in [-0.4, -0.2) is 46.0 Å². The Bertz CT molecular complexity index is 350. The fraction of sp³-hybridized carbons (Fsp3) is 0.727. The van der Waals surface area contributed by atoms with Gasteiger partial charge >= 0.3 is 5.97 Å². The van der Waals surface area contributed by atoms with Crippen LogP contribution in [0.2, 0.25) is 0 Å². The van der Waals surface area contributed by atoms with E-state index in [0.717, 1.165) is 37.4 Å². The monoisotopic (exact) mass is 240 g/mol. The number of rotatable bonds is 3. The number of carboxylic acid groups (broad SMARTS) is 1. The molecule has 16 heavy (non-hydrogen) atoms. The van der Waals surface area contributed by atoms with Crippen molar-refractivity contribution < 1.29 is 9.90 Å². The summed E-state index contributed by atoms with van der Waals surface area (Å²) in [6.45, 7) is 3.13. The molecular weight excluding hydrogens is 224 g/mol. The number of aliphatic carboxylic acids is 1. The van der Waals surface area contributed by atoms with Crippen LogP contribution in [0.4, 0.5) is 0 Å². The number of hydrogen-bond acceptors (Lipinski definition) is 4. The molecule has 0 saturated carbocycles. The molecular formula is C11H16N2O2S. The first-order valence-corrected chi connectivity index (χ1v) is 6.69. The quantitative estimate of drug-likeness (QED) is 0.757. The zero-order valence-corrected chi connectivity index (χ0v) is 10.0. The second-order valence-electron chi connectivity index (χ2n) is 4.64. The maximum atomic E-state index is 11.2. The van der Waals surface area contributed by atoms with Crippen LogP contribution in [-0.2, 0) is 4.79 Å². The molecule has 0 amide bonds. The zero-order chi connectivity index (χ0) is 11.1. The van der Waals surface area contributed by atoms with Gasteiger partial charge in [-0.05, 0) is 31.2 Å². The highest BCUT2D eigenvalue weighted by Gasteiger charge is 2.41. The molecule has 0 aromatic carbocycles. The van der Waals surface area contributed by atoms with Crippen molar-refractivity contribution in [2.45, 2.75) is 31.7 Å². The minimum atomic E-state index is -0.746. The highest BCUT2D eigenvalue weighted by molar-refractivity contribution is 8.00. The molecule has 3 aliphatic rings. The molecule has 0 radical (unpaired) electrons. The number of nitrogens with zero attached hydrogens (tertiary/aromatic N) is 2. The molecule has 0 aromatic rings. The summed E-state index contributed by atoms with van der Waals surface area (Å²) in [6.07, 6.45) is 4.59. The van der Waals surface area contributed by atoms with Gasteiger partial charge in [-0.25, -0.2) is 9.10 Å². The third-order valence-corrected chi connectivity index (χ3v) is 4.83. The Morgan fingerprint density at radius 2 is 2.06 bits per heavy atom. The van der Waals surface area contributed by atoms with E-state index in [4.69, 9.17) is 0 Å². The molecule has 2 fully saturated rings. The van der Waals surface area contributed by atoms with Crippen LogP contribution in [0.3, 0.4) is 0 Å². The highest BCUT2D eigenvalue weighted by atomic mass is 32.2. The molecule has 5 heteroatoms. The predicted octanol–water partition coefficient (Wildman–Crippen LogP) is 1.50. The summed E-state index contributed by atoms with van der Waals surface area (Å²) in [6, 6.07) is 0.483. The maximum absolute atomic E-state index is 11.2. The van der Waals surface area contributed by atoms with Crippen molar-refractivity contribution in [2.24, 2.45) is 0 Å². The zero-order valence-electron chi connectivity index (χ0n) is 9.19. The van der Waals surface area contributed by atoms with E-state index in [1.54, 1.807) is 11.9 Å². The molecule has 3 heterocycles. The molecule has 0 aromatic heterocycles. The van der Waals surface area contributed by atoms with E-state index < -0.39 is 5.97 Å². The standard InChI is InChI=1S/C11H16N2O2S/c14-11(15)10-9(7-8-3-6-13(8)10)16-12-4-1-2-5-12/h8H,1-7H2,(H,14,15). The predicted molar refractivity (Wildman–Crippen MR) is 62.8 cm³/mol. The number of fused-ring (bicyclic) bond motifs is 1. The highest BCUT2D eigenvalue weighted by Crippen LogP contribution is 2.43. The number of hydrogen-bond donors (Lipinski definition) is 1. The first-order valence-electron chi connectivity index (χ1n) is 5.91. The average molecular weight is 240 g/mol. The van der Waals surface area contributed by atoms with Crippen LogP contribution in [0, 0.1) is 0 Å². The van der Waals surface area contributed by atoms with Crippen LogP contribution in [0.15, 0.2) is 10.6 Å². The normalized spacial score (nSPS) is 29.5. The minimum absolute atomic E-state index is 0.483. The van der Waals surface area contributed by atoms with E-state index in [1.165, 1.54) is 12.8 Å². The Balaban J connectivity index is 1.76. The summed E-state index contributed by atoms with van der Waals surface area (Å²) in [5, 5.41) is 9.25. The average Bonchev–Trinajstić information content (AvgIpc) is 2.77. The van der Waals surface area contributed by atoms with Crippen molar-refractivity contribution in [3.8, 4) is 0 Å². The first-order chi connectivity index (χ1) is 7.75. The van der Waals surface area contributed by atoms with Gasteiger partial charge in [-0.2, -0.15) is 0 Å². The Labute approximate surface area is 99.4 Å². The van der Waals surface area contributed by atoms with Crippen molar-refractivity contribution in [1.82, 2.24) is 9.21 Å².